The largest absolute Gasteiger partial charge is 0.315 e. The van der Waals surface area contributed by atoms with Crippen molar-refractivity contribution in [3.63, 3.8) is 0 Å². The van der Waals surface area contributed by atoms with Crippen molar-refractivity contribution in [2.75, 3.05) is 0 Å². The number of hydrogen-bond donors (Lipinski definition) is 1. The second-order valence-electron chi connectivity index (χ2n) is 8.10. The lowest BCUT2D eigenvalue weighted by Gasteiger charge is -2.15. The number of nitrogens with zero attached hydrogens (tertiary/aromatic N) is 1. The molecule has 1 N–H and O–H groups in total. The quantitative estimate of drug-likeness (QED) is 0.630. The number of pyridine rings is 1. The van der Waals surface area contributed by atoms with Crippen LogP contribution in [0.5, 0.6) is 0 Å². The summed E-state index contributed by atoms with van der Waals surface area (Å²) < 4.78 is 27.0. The molecule has 0 saturated carbocycles. The average Bonchev–Trinajstić information content (AvgIpc) is 2.88. The molecule has 31 heavy (non-hydrogen) atoms. The lowest BCUT2D eigenvalue weighted by atomic mass is 10.0. The van der Waals surface area contributed by atoms with Crippen molar-refractivity contribution < 1.29 is 13.2 Å². The molecule has 1 amide bonds. The summed E-state index contributed by atoms with van der Waals surface area (Å²) in [5.41, 5.74) is 3.04. The maximum Gasteiger partial charge on any atom is 0.274 e. The molecule has 0 bridgehead atoms. The number of carbonyl (C=O) groups excluding carboxylic acids is 1. The Morgan fingerprint density at radius 2 is 1.90 bits per heavy atom. The number of aromatic nitrogens is 1. The molecular formula is C24H28N2O3S2. The zero-order chi connectivity index (χ0) is 22.6. The zero-order valence-corrected chi connectivity index (χ0v) is 19.9. The van der Waals surface area contributed by atoms with Gasteiger partial charge < -0.3 is 5.32 Å². The van der Waals surface area contributed by atoms with Gasteiger partial charge in [0.05, 0.1) is 10.8 Å². The van der Waals surface area contributed by atoms with E-state index in [2.05, 4.69) is 24.1 Å². The lowest BCUT2D eigenvalue weighted by molar-refractivity contribution is 0.0964. The lowest BCUT2D eigenvalue weighted by Crippen LogP contribution is -2.22. The number of amides is 1. The highest BCUT2D eigenvalue weighted by atomic mass is 32.3. The normalized spacial score (nSPS) is 17.3. The molecule has 0 spiro atoms. The van der Waals surface area contributed by atoms with Crippen LogP contribution >= 0.6 is 11.8 Å². The summed E-state index contributed by atoms with van der Waals surface area (Å²) in [5.74, 6) is 0.0286. The molecule has 164 valence electrons. The Labute approximate surface area is 189 Å². The highest BCUT2D eigenvalue weighted by molar-refractivity contribution is 8.20. The van der Waals surface area contributed by atoms with Gasteiger partial charge in [0, 0.05) is 6.20 Å². The average molecular weight is 457 g/mol. The number of carbonyl (C=O) groups is 1. The minimum atomic E-state index is -3.57. The summed E-state index contributed by atoms with van der Waals surface area (Å²) in [5, 5.41) is 3.35. The number of benzene rings is 1. The molecule has 1 aromatic heterocycles. The summed E-state index contributed by atoms with van der Waals surface area (Å²) in [4.78, 5) is 16.6. The van der Waals surface area contributed by atoms with E-state index in [1.54, 1.807) is 24.4 Å². The van der Waals surface area contributed by atoms with Gasteiger partial charge in [-0.05, 0) is 54.0 Å². The van der Waals surface area contributed by atoms with Crippen molar-refractivity contribution in [1.82, 2.24) is 10.3 Å². The highest BCUT2D eigenvalue weighted by Crippen LogP contribution is 2.39. The van der Waals surface area contributed by atoms with E-state index in [4.69, 9.17) is 0 Å². The van der Waals surface area contributed by atoms with E-state index in [9.17, 15) is 13.2 Å². The van der Waals surface area contributed by atoms with Crippen LogP contribution in [0.3, 0.4) is 0 Å². The highest BCUT2D eigenvalue weighted by Gasteiger charge is 2.28. The fraction of sp³-hybridized carbons (Fsp3) is 0.333. The maximum atomic E-state index is 13.4. The molecule has 0 aliphatic carbocycles. The van der Waals surface area contributed by atoms with Gasteiger partial charge in [-0.3, -0.25) is 9.78 Å². The van der Waals surface area contributed by atoms with Gasteiger partial charge >= 0.3 is 0 Å². The van der Waals surface area contributed by atoms with Crippen molar-refractivity contribution in [2.24, 2.45) is 5.92 Å². The van der Waals surface area contributed by atoms with Gasteiger partial charge in [-0.2, -0.15) is 0 Å². The predicted octanol–water partition coefficient (Wildman–Crippen LogP) is 5.40. The third kappa shape index (κ3) is 5.86. The third-order valence-electron chi connectivity index (χ3n) is 5.34. The first-order valence-corrected chi connectivity index (χ1v) is 12.8. The van der Waals surface area contributed by atoms with Gasteiger partial charge in [0.25, 0.3) is 5.91 Å². The number of thioether (sulfide) groups is 1. The first-order chi connectivity index (χ1) is 14.7. The van der Waals surface area contributed by atoms with E-state index in [0.29, 0.717) is 21.6 Å². The summed E-state index contributed by atoms with van der Waals surface area (Å²) in [6.07, 6.45) is 4.09. The molecule has 2 heterocycles. The van der Waals surface area contributed by atoms with Gasteiger partial charge in [-0.1, -0.05) is 68.9 Å². The fourth-order valence-corrected chi connectivity index (χ4v) is 6.52. The molecule has 1 aliphatic rings. The van der Waals surface area contributed by atoms with Crippen LogP contribution < -0.4 is 5.32 Å². The van der Waals surface area contributed by atoms with Crippen LogP contribution in [0.25, 0.3) is 0 Å². The topological polar surface area (TPSA) is 76.1 Å². The summed E-state index contributed by atoms with van der Waals surface area (Å²) >= 11 is 1.11. The molecule has 0 saturated heterocycles. The molecule has 1 aromatic carbocycles. The number of rotatable bonds is 6. The van der Waals surface area contributed by atoms with Gasteiger partial charge in [-0.25, -0.2) is 8.42 Å². The van der Waals surface area contributed by atoms with E-state index in [-0.39, 0.29) is 23.3 Å². The molecule has 1 unspecified atom stereocenters. The van der Waals surface area contributed by atoms with Gasteiger partial charge in [0.2, 0.25) is 0 Å². The van der Waals surface area contributed by atoms with Crippen LogP contribution in [0.1, 0.15) is 61.6 Å². The molecule has 2 aromatic rings. The molecule has 7 heteroatoms. The van der Waals surface area contributed by atoms with Crippen LogP contribution in [0.15, 0.2) is 69.6 Å². The molecule has 5 nitrogen and oxygen atoms in total. The second kappa shape index (κ2) is 9.83. The van der Waals surface area contributed by atoms with Gasteiger partial charge in [0.15, 0.2) is 9.84 Å². The zero-order valence-electron chi connectivity index (χ0n) is 18.3. The Kier molecular flexibility index (Phi) is 7.38. The molecule has 0 radical (unpaired) electrons. The maximum absolute atomic E-state index is 13.4. The van der Waals surface area contributed by atoms with Crippen molar-refractivity contribution in [1.29, 1.82) is 0 Å². The van der Waals surface area contributed by atoms with E-state index in [1.165, 1.54) is 5.56 Å². The third-order valence-corrected chi connectivity index (χ3v) is 8.95. The Bertz CT molecular complexity index is 1100. The van der Waals surface area contributed by atoms with Crippen LogP contribution in [0.4, 0.5) is 0 Å². The Morgan fingerprint density at radius 1 is 1.19 bits per heavy atom. The van der Waals surface area contributed by atoms with Gasteiger partial charge in [0.1, 0.15) is 9.93 Å². The van der Waals surface area contributed by atoms with Crippen LogP contribution in [0.2, 0.25) is 0 Å². The van der Waals surface area contributed by atoms with Gasteiger partial charge in [-0.15, -0.1) is 0 Å². The Hall–Kier alpha value is -2.38. The van der Waals surface area contributed by atoms with E-state index in [1.807, 2.05) is 44.2 Å². The summed E-state index contributed by atoms with van der Waals surface area (Å²) in [6.45, 7) is 8.08. The van der Waals surface area contributed by atoms with E-state index >= 15 is 0 Å². The molecular weight excluding hydrogens is 428 g/mol. The number of sulfone groups is 1. The van der Waals surface area contributed by atoms with Crippen molar-refractivity contribution in [2.45, 2.75) is 45.8 Å². The first kappa shape index (κ1) is 23.3. The fourth-order valence-electron chi connectivity index (χ4n) is 3.23. The minimum absolute atomic E-state index is 0.0600. The molecule has 3 rings (SSSR count). The number of allylic oxidation sites excluding steroid dienone is 2. The number of hydrogen-bond acceptors (Lipinski definition) is 5. The Morgan fingerprint density at radius 3 is 2.52 bits per heavy atom. The molecule has 1 aliphatic heterocycles. The molecule has 1 atom stereocenters. The van der Waals surface area contributed by atoms with Crippen molar-refractivity contribution in [3.8, 4) is 0 Å². The van der Waals surface area contributed by atoms with Crippen molar-refractivity contribution in [3.05, 3.63) is 86.4 Å². The Balaban J connectivity index is 1.82. The number of nitrogens with one attached hydrogen (secondary N) is 1. The standard InChI is InChI=1S/C24H28N2O3S2/c1-16(2)20-11-9-19(10-12-20)15-31(28,29)24-18(4)17(3)8-13-22(30-24)26-23(27)21-7-5-6-14-25-21/h5-7,9-14,16-17H,8,15H2,1-4H3,(H,26,27). The van der Waals surface area contributed by atoms with Crippen LogP contribution in [0, 0.1) is 5.92 Å². The van der Waals surface area contributed by atoms with Crippen LogP contribution in [-0.2, 0) is 15.6 Å². The molecule has 0 fully saturated rings. The first-order valence-electron chi connectivity index (χ1n) is 10.3. The smallest absolute Gasteiger partial charge is 0.274 e. The monoisotopic (exact) mass is 456 g/mol. The second-order valence-corrected chi connectivity index (χ2v) is 11.3. The predicted molar refractivity (Wildman–Crippen MR) is 127 cm³/mol. The van der Waals surface area contributed by atoms with Crippen molar-refractivity contribution >= 4 is 27.5 Å². The minimum Gasteiger partial charge on any atom is -0.315 e. The summed E-state index contributed by atoms with van der Waals surface area (Å²) in [7, 11) is -3.57. The van der Waals surface area contributed by atoms with E-state index < -0.39 is 9.84 Å². The van der Waals surface area contributed by atoms with E-state index in [0.717, 1.165) is 22.9 Å². The van der Waals surface area contributed by atoms with Crippen LogP contribution in [-0.4, -0.2) is 19.3 Å². The summed E-state index contributed by atoms with van der Waals surface area (Å²) in [6, 6.07) is 12.8. The SMILES string of the molecule is CC1=C(S(=O)(=O)Cc2ccc(C(C)C)cc2)SC(NC(=O)c2ccccn2)=CCC1C.